The van der Waals surface area contributed by atoms with Crippen LogP contribution in [0.4, 0.5) is 4.79 Å². The Morgan fingerprint density at radius 2 is 1.87 bits per heavy atom. The van der Waals surface area contributed by atoms with E-state index in [0.717, 1.165) is 23.0 Å². The Morgan fingerprint density at radius 3 is 2.48 bits per heavy atom. The van der Waals surface area contributed by atoms with Gasteiger partial charge in [0.15, 0.2) is 0 Å². The molecule has 2 aromatic rings. The molecule has 0 aliphatic heterocycles. The van der Waals surface area contributed by atoms with Gasteiger partial charge in [0.05, 0.1) is 19.7 Å². The molecule has 0 spiro atoms. The SMILES string of the molecule is COc1ccc(OCCNC(=O)NC(C)c2ccc(C)o2)cc1. The first kappa shape index (κ1) is 16.7. The molecular formula is C17H22N2O4. The summed E-state index contributed by atoms with van der Waals surface area (Å²) in [6.45, 7) is 4.52. The van der Waals surface area contributed by atoms with E-state index in [4.69, 9.17) is 13.9 Å². The van der Waals surface area contributed by atoms with Gasteiger partial charge in [-0.3, -0.25) is 0 Å². The Morgan fingerprint density at radius 1 is 1.17 bits per heavy atom. The number of urea groups is 1. The lowest BCUT2D eigenvalue weighted by Gasteiger charge is -2.13. The van der Waals surface area contributed by atoms with E-state index < -0.39 is 0 Å². The van der Waals surface area contributed by atoms with E-state index in [-0.39, 0.29) is 12.1 Å². The Hall–Kier alpha value is -2.63. The van der Waals surface area contributed by atoms with E-state index >= 15 is 0 Å². The molecule has 0 saturated carbocycles. The van der Waals surface area contributed by atoms with Crippen molar-refractivity contribution in [1.82, 2.24) is 10.6 Å². The fourth-order valence-electron chi connectivity index (χ4n) is 2.01. The van der Waals surface area contributed by atoms with Crippen molar-refractivity contribution in [3.8, 4) is 11.5 Å². The predicted molar refractivity (Wildman–Crippen MR) is 86.9 cm³/mol. The number of hydrogen-bond acceptors (Lipinski definition) is 4. The average Bonchev–Trinajstić information content (AvgIpc) is 2.99. The Bertz CT molecular complexity index is 622. The molecule has 2 amide bonds. The third kappa shape index (κ3) is 5.25. The van der Waals surface area contributed by atoms with Gasteiger partial charge in [0.1, 0.15) is 29.6 Å². The molecule has 0 saturated heterocycles. The smallest absolute Gasteiger partial charge is 0.315 e. The molecule has 6 heteroatoms. The molecule has 0 aliphatic carbocycles. The Kier molecular flexibility index (Phi) is 5.91. The standard InChI is InChI=1S/C17H22N2O4/c1-12-4-9-16(23-12)13(2)19-17(20)18-10-11-22-15-7-5-14(21-3)6-8-15/h4-9,13H,10-11H2,1-3H3,(H2,18,19,20). The highest BCUT2D eigenvalue weighted by molar-refractivity contribution is 5.74. The molecule has 6 nitrogen and oxygen atoms in total. The van der Waals surface area contributed by atoms with E-state index in [2.05, 4.69) is 10.6 Å². The van der Waals surface area contributed by atoms with E-state index in [9.17, 15) is 4.79 Å². The van der Waals surface area contributed by atoms with Gasteiger partial charge in [-0.05, 0) is 50.2 Å². The van der Waals surface area contributed by atoms with Gasteiger partial charge >= 0.3 is 6.03 Å². The van der Waals surface area contributed by atoms with E-state index in [1.165, 1.54) is 0 Å². The molecule has 1 atom stereocenters. The monoisotopic (exact) mass is 318 g/mol. The highest BCUT2D eigenvalue weighted by atomic mass is 16.5. The second-order valence-electron chi connectivity index (χ2n) is 5.09. The zero-order valence-corrected chi connectivity index (χ0v) is 13.6. The van der Waals surface area contributed by atoms with Gasteiger partial charge in [-0.25, -0.2) is 4.79 Å². The fraction of sp³-hybridized carbons (Fsp3) is 0.353. The van der Waals surface area contributed by atoms with Crippen LogP contribution < -0.4 is 20.1 Å². The number of hydrogen-bond donors (Lipinski definition) is 2. The maximum Gasteiger partial charge on any atom is 0.315 e. The summed E-state index contributed by atoms with van der Waals surface area (Å²) in [6, 6.07) is 10.6. The quantitative estimate of drug-likeness (QED) is 0.770. The number of ether oxygens (including phenoxy) is 2. The van der Waals surface area contributed by atoms with Crippen LogP contribution >= 0.6 is 0 Å². The van der Waals surface area contributed by atoms with Crippen LogP contribution in [-0.4, -0.2) is 26.3 Å². The highest BCUT2D eigenvalue weighted by Gasteiger charge is 2.12. The summed E-state index contributed by atoms with van der Waals surface area (Å²) in [4.78, 5) is 11.8. The third-order valence-electron chi connectivity index (χ3n) is 3.25. The van der Waals surface area contributed by atoms with Crippen molar-refractivity contribution in [1.29, 1.82) is 0 Å². The third-order valence-corrected chi connectivity index (χ3v) is 3.25. The number of amides is 2. The van der Waals surface area contributed by atoms with Crippen LogP contribution in [0.25, 0.3) is 0 Å². The summed E-state index contributed by atoms with van der Waals surface area (Å²) in [5.41, 5.74) is 0. The summed E-state index contributed by atoms with van der Waals surface area (Å²) in [6.07, 6.45) is 0. The van der Waals surface area contributed by atoms with Gasteiger partial charge in [0, 0.05) is 0 Å². The largest absolute Gasteiger partial charge is 0.497 e. The molecule has 2 N–H and O–H groups in total. The first-order valence-corrected chi connectivity index (χ1v) is 7.46. The number of furan rings is 1. The van der Waals surface area contributed by atoms with Gasteiger partial charge in [-0.2, -0.15) is 0 Å². The van der Waals surface area contributed by atoms with Crippen molar-refractivity contribution in [2.45, 2.75) is 19.9 Å². The molecule has 1 unspecified atom stereocenters. The molecule has 124 valence electrons. The average molecular weight is 318 g/mol. The lowest BCUT2D eigenvalue weighted by molar-refractivity contribution is 0.231. The minimum atomic E-state index is -0.259. The van der Waals surface area contributed by atoms with Crippen LogP contribution in [0.1, 0.15) is 24.5 Å². The normalized spacial score (nSPS) is 11.6. The minimum absolute atomic E-state index is 0.189. The predicted octanol–water partition coefficient (Wildman–Crippen LogP) is 3.04. The van der Waals surface area contributed by atoms with Crippen molar-refractivity contribution in [2.24, 2.45) is 0 Å². The van der Waals surface area contributed by atoms with Gasteiger partial charge < -0.3 is 24.5 Å². The second-order valence-corrected chi connectivity index (χ2v) is 5.09. The molecule has 1 heterocycles. The molecule has 0 radical (unpaired) electrons. The summed E-state index contributed by atoms with van der Waals surface area (Å²) < 4.78 is 16.1. The fourth-order valence-corrected chi connectivity index (χ4v) is 2.01. The van der Waals surface area contributed by atoms with E-state index in [1.807, 2.05) is 50.2 Å². The molecule has 0 fully saturated rings. The number of nitrogens with one attached hydrogen (secondary N) is 2. The summed E-state index contributed by atoms with van der Waals surface area (Å²) >= 11 is 0. The molecule has 23 heavy (non-hydrogen) atoms. The van der Waals surface area contributed by atoms with Crippen LogP contribution in [-0.2, 0) is 0 Å². The van der Waals surface area contributed by atoms with Crippen molar-refractivity contribution < 1.29 is 18.7 Å². The van der Waals surface area contributed by atoms with Gasteiger partial charge in [-0.1, -0.05) is 0 Å². The zero-order chi connectivity index (χ0) is 16.7. The van der Waals surface area contributed by atoms with Gasteiger partial charge in [0.2, 0.25) is 0 Å². The van der Waals surface area contributed by atoms with Crippen LogP contribution in [0.15, 0.2) is 40.8 Å². The topological polar surface area (TPSA) is 72.7 Å². The van der Waals surface area contributed by atoms with Gasteiger partial charge in [-0.15, -0.1) is 0 Å². The first-order valence-electron chi connectivity index (χ1n) is 7.46. The van der Waals surface area contributed by atoms with Crippen molar-refractivity contribution in [3.05, 3.63) is 47.9 Å². The molecule has 0 aliphatic rings. The number of carbonyl (C=O) groups excluding carboxylic acids is 1. The van der Waals surface area contributed by atoms with E-state index in [1.54, 1.807) is 7.11 Å². The molecule has 1 aromatic heterocycles. The highest BCUT2D eigenvalue weighted by Crippen LogP contribution is 2.17. The number of benzene rings is 1. The Labute approximate surface area is 135 Å². The molecule has 2 rings (SSSR count). The maximum atomic E-state index is 11.8. The minimum Gasteiger partial charge on any atom is -0.497 e. The lowest BCUT2D eigenvalue weighted by atomic mass is 10.2. The number of rotatable bonds is 7. The van der Waals surface area contributed by atoms with Crippen LogP contribution in [0.2, 0.25) is 0 Å². The van der Waals surface area contributed by atoms with Crippen LogP contribution in [0.5, 0.6) is 11.5 Å². The maximum absolute atomic E-state index is 11.8. The summed E-state index contributed by atoms with van der Waals surface area (Å²) in [5.74, 6) is 3.05. The number of methoxy groups -OCH3 is 1. The molecular weight excluding hydrogens is 296 g/mol. The number of carbonyl (C=O) groups is 1. The van der Waals surface area contributed by atoms with Crippen molar-refractivity contribution in [3.63, 3.8) is 0 Å². The second kappa shape index (κ2) is 8.12. The summed E-state index contributed by atoms with van der Waals surface area (Å²) in [7, 11) is 1.61. The summed E-state index contributed by atoms with van der Waals surface area (Å²) in [5, 5.41) is 5.55. The van der Waals surface area contributed by atoms with Crippen LogP contribution in [0.3, 0.4) is 0 Å². The Balaban J connectivity index is 1.66. The molecule has 1 aromatic carbocycles. The first-order chi connectivity index (χ1) is 11.1. The van der Waals surface area contributed by atoms with Crippen molar-refractivity contribution in [2.75, 3.05) is 20.3 Å². The van der Waals surface area contributed by atoms with Crippen LogP contribution in [0, 0.1) is 6.92 Å². The number of aryl methyl sites for hydroxylation is 1. The molecule has 0 bridgehead atoms. The lowest BCUT2D eigenvalue weighted by Crippen LogP contribution is -2.38. The van der Waals surface area contributed by atoms with E-state index in [0.29, 0.717) is 13.2 Å². The van der Waals surface area contributed by atoms with Crippen molar-refractivity contribution >= 4 is 6.03 Å². The van der Waals surface area contributed by atoms with Gasteiger partial charge in [0.25, 0.3) is 0 Å². The zero-order valence-electron chi connectivity index (χ0n) is 13.6.